The van der Waals surface area contributed by atoms with Gasteiger partial charge < -0.3 is 0 Å². The third-order valence-electron chi connectivity index (χ3n) is 2.59. The van der Waals surface area contributed by atoms with Crippen LogP contribution in [0.1, 0.15) is 22.1 Å². The van der Waals surface area contributed by atoms with Crippen molar-refractivity contribution >= 4 is 50.7 Å². The highest BCUT2D eigenvalue weighted by atomic mass is 79.9. The minimum Gasteiger partial charge on any atom is -0.113 e. The Labute approximate surface area is 130 Å². The molecule has 0 radical (unpaired) electrons. The van der Waals surface area contributed by atoms with Crippen LogP contribution in [0.3, 0.4) is 0 Å². The molecule has 0 nitrogen and oxygen atoms in total. The van der Waals surface area contributed by atoms with Gasteiger partial charge in [-0.1, -0.05) is 51.3 Å². The first kappa shape index (κ1) is 14.2. The number of hydrogen-bond donors (Lipinski definition) is 0. The molecule has 0 bridgehead atoms. The van der Waals surface area contributed by atoms with Gasteiger partial charge in [0.15, 0.2) is 0 Å². The predicted molar refractivity (Wildman–Crippen MR) is 83.0 cm³/mol. The molecule has 0 aliphatic carbocycles. The number of benzene rings is 2. The topological polar surface area (TPSA) is 0 Å². The van der Waals surface area contributed by atoms with E-state index in [1.807, 2.05) is 25.1 Å². The average molecular weight is 364 g/mol. The zero-order valence-corrected chi connectivity index (χ0v) is 13.4. The van der Waals surface area contributed by atoms with Crippen LogP contribution in [0.4, 0.5) is 0 Å². The molecule has 18 heavy (non-hydrogen) atoms. The van der Waals surface area contributed by atoms with Gasteiger partial charge in [-0.25, -0.2) is 0 Å². The van der Waals surface area contributed by atoms with Gasteiger partial charge in [0.2, 0.25) is 0 Å². The van der Waals surface area contributed by atoms with Gasteiger partial charge in [0, 0.05) is 4.47 Å². The van der Waals surface area contributed by atoms with E-state index in [1.54, 1.807) is 12.1 Å². The minimum atomic E-state index is -0.240. The Hall–Kier alpha value is -0.210. The van der Waals surface area contributed by atoms with Crippen LogP contribution in [-0.2, 0) is 0 Å². The van der Waals surface area contributed by atoms with E-state index in [-0.39, 0.29) is 5.38 Å². The molecule has 2 aromatic carbocycles. The molecule has 4 heteroatoms. The molecule has 0 N–H and O–H groups in total. The summed E-state index contributed by atoms with van der Waals surface area (Å²) in [7, 11) is 0. The molecule has 2 aromatic rings. The van der Waals surface area contributed by atoms with Gasteiger partial charge in [-0.15, -0.1) is 11.6 Å². The van der Waals surface area contributed by atoms with Gasteiger partial charge in [-0.05, 0) is 47.9 Å². The van der Waals surface area contributed by atoms with Crippen molar-refractivity contribution in [3.05, 3.63) is 67.6 Å². The zero-order chi connectivity index (χ0) is 13.3. The quantitative estimate of drug-likeness (QED) is 0.541. The molecule has 94 valence electrons. The Bertz CT molecular complexity index is 561. The van der Waals surface area contributed by atoms with Gasteiger partial charge in [-0.2, -0.15) is 0 Å². The molecule has 0 aliphatic heterocycles. The SMILES string of the molecule is Cc1cc(Br)cc(C(Cl)c2ccc(Cl)c(Cl)c2)c1. The Balaban J connectivity index is 2.40. The molecule has 0 aromatic heterocycles. The smallest absolute Gasteiger partial charge is 0.0836 e. The first-order valence-corrected chi connectivity index (χ1v) is 7.32. The normalized spacial score (nSPS) is 12.5. The summed E-state index contributed by atoms with van der Waals surface area (Å²) >= 11 is 21.9. The van der Waals surface area contributed by atoms with E-state index in [4.69, 9.17) is 34.8 Å². The summed E-state index contributed by atoms with van der Waals surface area (Å²) < 4.78 is 1.02. The minimum absolute atomic E-state index is 0.240. The van der Waals surface area contributed by atoms with Crippen molar-refractivity contribution in [2.45, 2.75) is 12.3 Å². The Kier molecular flexibility index (Phi) is 4.60. The number of hydrogen-bond acceptors (Lipinski definition) is 0. The Morgan fingerprint density at radius 1 is 0.944 bits per heavy atom. The lowest BCUT2D eigenvalue weighted by Gasteiger charge is -2.12. The number of rotatable bonds is 2. The summed E-state index contributed by atoms with van der Waals surface area (Å²) in [4.78, 5) is 0. The second-order valence-electron chi connectivity index (χ2n) is 4.10. The maximum atomic E-state index is 6.48. The lowest BCUT2D eigenvalue weighted by molar-refractivity contribution is 1.13. The van der Waals surface area contributed by atoms with Crippen molar-refractivity contribution in [3.63, 3.8) is 0 Å². The molecule has 0 heterocycles. The molecule has 2 rings (SSSR count). The van der Waals surface area contributed by atoms with Gasteiger partial charge in [0.1, 0.15) is 0 Å². The summed E-state index contributed by atoms with van der Waals surface area (Å²) in [5.41, 5.74) is 3.12. The molecule has 0 saturated carbocycles. The fourth-order valence-electron chi connectivity index (χ4n) is 1.77. The largest absolute Gasteiger partial charge is 0.113 e. The second-order valence-corrected chi connectivity index (χ2v) is 6.26. The second kappa shape index (κ2) is 5.83. The van der Waals surface area contributed by atoms with E-state index in [2.05, 4.69) is 22.0 Å². The maximum absolute atomic E-state index is 6.48. The Morgan fingerprint density at radius 2 is 1.67 bits per heavy atom. The molecule has 0 spiro atoms. The maximum Gasteiger partial charge on any atom is 0.0836 e. The number of halogens is 4. The fraction of sp³-hybridized carbons (Fsp3) is 0.143. The van der Waals surface area contributed by atoms with Gasteiger partial charge in [0.05, 0.1) is 15.4 Å². The number of alkyl halides is 1. The molecule has 0 aliphatic rings. The molecule has 1 atom stereocenters. The van der Waals surface area contributed by atoms with Crippen molar-refractivity contribution < 1.29 is 0 Å². The van der Waals surface area contributed by atoms with Crippen molar-refractivity contribution in [1.29, 1.82) is 0 Å². The van der Waals surface area contributed by atoms with Crippen LogP contribution in [0.2, 0.25) is 10.0 Å². The van der Waals surface area contributed by atoms with Gasteiger partial charge in [0.25, 0.3) is 0 Å². The van der Waals surface area contributed by atoms with E-state index in [9.17, 15) is 0 Å². The van der Waals surface area contributed by atoms with Crippen LogP contribution in [-0.4, -0.2) is 0 Å². The van der Waals surface area contributed by atoms with Crippen LogP contribution in [0, 0.1) is 6.92 Å². The summed E-state index contributed by atoms with van der Waals surface area (Å²) in [6, 6.07) is 11.6. The Morgan fingerprint density at radius 3 is 2.28 bits per heavy atom. The predicted octanol–water partition coefficient (Wildman–Crippen LogP) is 6.39. The third-order valence-corrected chi connectivity index (χ3v) is 4.29. The monoisotopic (exact) mass is 362 g/mol. The third kappa shape index (κ3) is 3.21. The van der Waals surface area contributed by atoms with Crippen molar-refractivity contribution in [2.24, 2.45) is 0 Å². The van der Waals surface area contributed by atoms with Gasteiger partial charge >= 0.3 is 0 Å². The van der Waals surface area contributed by atoms with Gasteiger partial charge in [-0.3, -0.25) is 0 Å². The molecule has 0 saturated heterocycles. The molecule has 0 fully saturated rings. The van der Waals surface area contributed by atoms with Crippen LogP contribution in [0.5, 0.6) is 0 Å². The summed E-state index contributed by atoms with van der Waals surface area (Å²) in [5, 5.41) is 0.817. The van der Waals surface area contributed by atoms with Crippen LogP contribution >= 0.6 is 50.7 Å². The lowest BCUT2D eigenvalue weighted by atomic mass is 10.0. The van der Waals surface area contributed by atoms with E-state index in [0.717, 1.165) is 21.2 Å². The van der Waals surface area contributed by atoms with Crippen molar-refractivity contribution in [2.75, 3.05) is 0 Å². The molecular weight excluding hydrogens is 354 g/mol. The number of aryl methyl sites for hydroxylation is 1. The lowest BCUT2D eigenvalue weighted by Crippen LogP contribution is -1.94. The van der Waals surface area contributed by atoms with Crippen molar-refractivity contribution in [3.8, 4) is 0 Å². The standard InChI is InChI=1S/C14H10BrCl3/c1-8-4-10(6-11(15)5-8)14(18)9-2-3-12(16)13(17)7-9/h2-7,14H,1H3. The van der Waals surface area contributed by atoms with E-state index in [1.165, 1.54) is 0 Å². The van der Waals surface area contributed by atoms with E-state index >= 15 is 0 Å². The van der Waals surface area contributed by atoms with E-state index < -0.39 is 0 Å². The van der Waals surface area contributed by atoms with E-state index in [0.29, 0.717) is 10.0 Å². The van der Waals surface area contributed by atoms with Crippen LogP contribution in [0.15, 0.2) is 40.9 Å². The first-order chi connectivity index (χ1) is 8.47. The summed E-state index contributed by atoms with van der Waals surface area (Å²) in [6.07, 6.45) is 0. The molecule has 1 unspecified atom stereocenters. The molecular formula is C14H10BrCl3. The van der Waals surface area contributed by atoms with Crippen LogP contribution in [0.25, 0.3) is 0 Å². The molecule has 0 amide bonds. The summed E-state index contributed by atoms with van der Waals surface area (Å²) in [6.45, 7) is 2.03. The summed E-state index contributed by atoms with van der Waals surface area (Å²) in [5.74, 6) is 0. The first-order valence-electron chi connectivity index (χ1n) is 5.33. The highest BCUT2D eigenvalue weighted by Crippen LogP contribution is 2.34. The zero-order valence-electron chi connectivity index (χ0n) is 9.55. The average Bonchev–Trinajstić information content (AvgIpc) is 2.30. The highest BCUT2D eigenvalue weighted by Gasteiger charge is 2.13. The highest BCUT2D eigenvalue weighted by molar-refractivity contribution is 9.10. The van der Waals surface area contributed by atoms with Crippen molar-refractivity contribution in [1.82, 2.24) is 0 Å². The fourth-order valence-corrected chi connectivity index (χ4v) is 2.97. The van der Waals surface area contributed by atoms with Crippen LogP contribution < -0.4 is 0 Å².